The van der Waals surface area contributed by atoms with Crippen LogP contribution in [0.15, 0.2) is 24.3 Å². The molecular formula is C22H31NO2. The smallest absolute Gasteiger partial charge is 0.225 e. The predicted molar refractivity (Wildman–Crippen MR) is 99.5 cm³/mol. The molecule has 2 saturated carbocycles. The summed E-state index contributed by atoms with van der Waals surface area (Å²) < 4.78 is 0. The molecule has 4 rings (SSSR count). The lowest BCUT2D eigenvalue weighted by atomic mass is 9.69. The van der Waals surface area contributed by atoms with E-state index in [9.17, 15) is 9.90 Å². The second-order valence-corrected chi connectivity index (χ2v) is 9.56. The van der Waals surface area contributed by atoms with Crippen LogP contribution in [0.25, 0.3) is 0 Å². The van der Waals surface area contributed by atoms with E-state index in [4.69, 9.17) is 0 Å². The Morgan fingerprint density at radius 1 is 1.16 bits per heavy atom. The summed E-state index contributed by atoms with van der Waals surface area (Å²) >= 11 is 0. The van der Waals surface area contributed by atoms with Crippen LogP contribution < -0.4 is 0 Å². The number of rotatable bonds is 3. The molecule has 3 fully saturated rings. The van der Waals surface area contributed by atoms with Gasteiger partial charge in [0.05, 0.1) is 5.60 Å². The largest absolute Gasteiger partial charge is 0.390 e. The summed E-state index contributed by atoms with van der Waals surface area (Å²) in [5.74, 6) is 1.58. The van der Waals surface area contributed by atoms with Gasteiger partial charge in [-0.25, -0.2) is 0 Å². The maximum atomic E-state index is 12.5. The molecule has 3 aliphatic rings. The Hall–Kier alpha value is -1.35. The Balaban J connectivity index is 1.32. The van der Waals surface area contributed by atoms with Gasteiger partial charge in [-0.1, -0.05) is 38.1 Å². The first-order valence-corrected chi connectivity index (χ1v) is 9.88. The summed E-state index contributed by atoms with van der Waals surface area (Å²) in [6.45, 7) is 8.18. The van der Waals surface area contributed by atoms with Gasteiger partial charge in [-0.05, 0) is 62.0 Å². The molecule has 2 aliphatic carbocycles. The molecule has 3 nitrogen and oxygen atoms in total. The van der Waals surface area contributed by atoms with Gasteiger partial charge < -0.3 is 10.0 Å². The summed E-state index contributed by atoms with van der Waals surface area (Å²) in [4.78, 5) is 14.5. The maximum Gasteiger partial charge on any atom is 0.225 e. The van der Waals surface area contributed by atoms with Gasteiger partial charge in [0.2, 0.25) is 5.91 Å². The Labute approximate surface area is 151 Å². The number of benzene rings is 1. The van der Waals surface area contributed by atoms with Gasteiger partial charge in [0.1, 0.15) is 0 Å². The fraction of sp³-hybridized carbons (Fsp3) is 0.682. The Kier molecular flexibility index (Phi) is 3.99. The summed E-state index contributed by atoms with van der Waals surface area (Å²) in [5, 5.41) is 9.85. The molecule has 1 atom stereocenters. The minimum absolute atomic E-state index is 0.0631. The lowest BCUT2D eigenvalue weighted by Crippen LogP contribution is -2.61. The molecule has 0 radical (unpaired) electrons. The number of likely N-dealkylation sites (tertiary alicyclic amines) is 1. The van der Waals surface area contributed by atoms with Crippen molar-refractivity contribution in [3.63, 3.8) is 0 Å². The highest BCUT2D eigenvalue weighted by atomic mass is 16.3. The number of hydrogen-bond donors (Lipinski definition) is 1. The number of amides is 1. The van der Waals surface area contributed by atoms with E-state index in [0.29, 0.717) is 30.1 Å². The molecule has 1 heterocycles. The molecule has 3 heteroatoms. The number of carbonyl (C=O) groups excluding carboxylic acids is 1. The molecule has 1 amide bonds. The van der Waals surface area contributed by atoms with E-state index >= 15 is 0 Å². The van der Waals surface area contributed by atoms with Gasteiger partial charge >= 0.3 is 0 Å². The van der Waals surface area contributed by atoms with E-state index in [2.05, 4.69) is 38.1 Å². The molecule has 0 unspecified atom stereocenters. The second kappa shape index (κ2) is 5.84. The fourth-order valence-electron chi connectivity index (χ4n) is 5.29. The molecule has 0 aromatic heterocycles. The molecule has 25 heavy (non-hydrogen) atoms. The summed E-state index contributed by atoms with van der Waals surface area (Å²) in [6.07, 6.45) is 5.00. The van der Waals surface area contributed by atoms with Gasteiger partial charge in [0.15, 0.2) is 0 Å². The van der Waals surface area contributed by atoms with Crippen LogP contribution in [0.4, 0.5) is 0 Å². The molecule has 1 N–H and O–H groups in total. The van der Waals surface area contributed by atoms with E-state index in [1.807, 2.05) is 11.8 Å². The van der Waals surface area contributed by atoms with Gasteiger partial charge in [0, 0.05) is 24.4 Å². The van der Waals surface area contributed by atoms with E-state index in [1.54, 1.807) is 0 Å². The highest BCUT2D eigenvalue weighted by Crippen LogP contribution is 2.52. The average molecular weight is 341 g/mol. The van der Waals surface area contributed by atoms with Crippen LogP contribution in [0.1, 0.15) is 75.8 Å². The molecule has 0 bridgehead atoms. The van der Waals surface area contributed by atoms with Gasteiger partial charge in [-0.15, -0.1) is 0 Å². The zero-order valence-electron chi connectivity index (χ0n) is 15.8. The Bertz CT molecular complexity index is 647. The number of carbonyl (C=O) groups is 1. The van der Waals surface area contributed by atoms with Crippen LogP contribution in [0.5, 0.6) is 0 Å². The van der Waals surface area contributed by atoms with Crippen LogP contribution in [0, 0.1) is 11.3 Å². The summed E-state index contributed by atoms with van der Waals surface area (Å²) in [5.41, 5.74) is 2.64. The van der Waals surface area contributed by atoms with E-state index in [0.717, 1.165) is 13.1 Å². The first-order valence-electron chi connectivity index (χ1n) is 9.88. The third-order valence-corrected chi connectivity index (χ3v) is 6.86. The van der Waals surface area contributed by atoms with Crippen molar-refractivity contribution in [2.45, 2.75) is 70.3 Å². The van der Waals surface area contributed by atoms with Crippen molar-refractivity contribution in [2.75, 3.05) is 13.1 Å². The minimum atomic E-state index is -0.608. The number of hydrogen-bond acceptors (Lipinski definition) is 2. The summed E-state index contributed by atoms with van der Waals surface area (Å²) in [6, 6.07) is 9.20. The van der Waals surface area contributed by atoms with Crippen LogP contribution >= 0.6 is 0 Å². The van der Waals surface area contributed by atoms with Gasteiger partial charge in [-0.2, -0.15) is 0 Å². The lowest BCUT2D eigenvalue weighted by molar-refractivity contribution is -0.161. The third-order valence-electron chi connectivity index (χ3n) is 6.86. The molecule has 1 spiro atoms. The van der Waals surface area contributed by atoms with Crippen molar-refractivity contribution in [3.05, 3.63) is 35.4 Å². The molecule has 1 aromatic rings. The number of nitrogens with zero attached hydrogens (tertiary/aromatic N) is 1. The Morgan fingerprint density at radius 3 is 2.36 bits per heavy atom. The van der Waals surface area contributed by atoms with Crippen LogP contribution in [-0.2, 0) is 4.79 Å². The quantitative estimate of drug-likeness (QED) is 0.900. The number of aliphatic hydroxyl groups is 1. The summed E-state index contributed by atoms with van der Waals surface area (Å²) in [7, 11) is 0. The first-order chi connectivity index (χ1) is 11.8. The standard InChI is InChI=1S/C22H31NO2/c1-15(2)16-4-6-17(7-5-16)18-8-9-22(12-18)13-23(14-22)20(24)19-10-21(3,25)11-19/h4-7,15,18-19,25H,8-14H2,1-3H3/t18-,19?,21?/m1/s1. The average Bonchev–Trinajstić information content (AvgIpc) is 2.96. The van der Waals surface area contributed by atoms with E-state index < -0.39 is 5.60 Å². The molecule has 136 valence electrons. The van der Waals surface area contributed by atoms with E-state index in [1.165, 1.54) is 30.4 Å². The highest BCUT2D eigenvalue weighted by Gasteiger charge is 2.53. The van der Waals surface area contributed by atoms with Crippen LogP contribution in [0.3, 0.4) is 0 Å². The van der Waals surface area contributed by atoms with Gasteiger partial charge in [0.25, 0.3) is 0 Å². The first kappa shape index (κ1) is 17.1. The highest BCUT2D eigenvalue weighted by molar-refractivity contribution is 5.81. The molecule has 1 saturated heterocycles. The van der Waals surface area contributed by atoms with Gasteiger partial charge in [-0.3, -0.25) is 4.79 Å². The topological polar surface area (TPSA) is 40.5 Å². The van der Waals surface area contributed by atoms with Crippen molar-refractivity contribution >= 4 is 5.91 Å². The molecular weight excluding hydrogens is 310 g/mol. The van der Waals surface area contributed by atoms with Crippen LogP contribution in [0.2, 0.25) is 0 Å². The molecule has 1 aromatic carbocycles. The van der Waals surface area contributed by atoms with Crippen molar-refractivity contribution in [1.82, 2.24) is 4.90 Å². The Morgan fingerprint density at radius 2 is 1.80 bits per heavy atom. The van der Waals surface area contributed by atoms with Crippen molar-refractivity contribution < 1.29 is 9.90 Å². The monoisotopic (exact) mass is 341 g/mol. The predicted octanol–water partition coefficient (Wildman–Crippen LogP) is 4.07. The van der Waals surface area contributed by atoms with Crippen molar-refractivity contribution in [1.29, 1.82) is 0 Å². The van der Waals surface area contributed by atoms with Crippen molar-refractivity contribution in [3.8, 4) is 0 Å². The maximum absolute atomic E-state index is 12.5. The SMILES string of the molecule is CC(C)c1ccc([C@@H]2CCC3(C2)CN(C(=O)C2CC(C)(O)C2)C3)cc1. The third kappa shape index (κ3) is 3.12. The lowest BCUT2D eigenvalue weighted by Gasteiger charge is -2.52. The fourth-order valence-corrected chi connectivity index (χ4v) is 5.29. The van der Waals surface area contributed by atoms with E-state index in [-0.39, 0.29) is 11.8 Å². The van der Waals surface area contributed by atoms with Crippen molar-refractivity contribution in [2.24, 2.45) is 11.3 Å². The van der Waals surface area contributed by atoms with Crippen LogP contribution in [-0.4, -0.2) is 34.6 Å². The minimum Gasteiger partial charge on any atom is -0.390 e. The zero-order valence-corrected chi connectivity index (χ0v) is 15.8. The molecule has 1 aliphatic heterocycles. The normalized spacial score (nSPS) is 33.4. The zero-order chi connectivity index (χ0) is 17.8. The second-order valence-electron chi connectivity index (χ2n) is 9.56.